The van der Waals surface area contributed by atoms with E-state index in [-0.39, 0.29) is 4.91 Å². The number of carboxylic acids is 1. The molecule has 2 N–H and O–H groups in total. The molecule has 0 unspecified atom stereocenters. The summed E-state index contributed by atoms with van der Waals surface area (Å²) >= 11 is 1.12. The van der Waals surface area contributed by atoms with E-state index in [9.17, 15) is 9.90 Å². The van der Waals surface area contributed by atoms with Crippen molar-refractivity contribution in [2.45, 2.75) is 18.6 Å². The number of hydrogen-bond acceptors (Lipinski definition) is 3. The number of benzene rings is 2. The number of H-pyrrole nitrogens is 1. The van der Waals surface area contributed by atoms with Crippen molar-refractivity contribution in [3.05, 3.63) is 77.3 Å². The summed E-state index contributed by atoms with van der Waals surface area (Å²) < 4.78 is 2.14. The maximum Gasteiger partial charge on any atom is 0.342 e. The molecule has 0 saturated carbocycles. The average molecular weight is 389 g/mol. The number of aliphatic carboxylic acids is 1. The third-order valence-electron chi connectivity index (χ3n) is 4.65. The van der Waals surface area contributed by atoms with E-state index in [4.69, 9.17) is 0 Å². The zero-order valence-electron chi connectivity index (χ0n) is 15.3. The lowest BCUT2D eigenvalue weighted by Gasteiger charge is -2.04. The lowest BCUT2D eigenvalue weighted by molar-refractivity contribution is -0.131. The lowest BCUT2D eigenvalue weighted by Crippen LogP contribution is -1.99. The van der Waals surface area contributed by atoms with Crippen LogP contribution in [-0.2, 0) is 11.3 Å². The van der Waals surface area contributed by atoms with Gasteiger partial charge in [-0.2, -0.15) is 0 Å². The number of thioether (sulfide) groups is 1. The Kier molecular flexibility index (Phi) is 4.79. The van der Waals surface area contributed by atoms with E-state index in [0.29, 0.717) is 11.7 Å². The fraction of sp³-hybridized carbons (Fsp3) is 0.0909. The van der Waals surface area contributed by atoms with E-state index in [1.165, 1.54) is 0 Å². The second-order valence-corrected chi connectivity index (χ2v) is 7.42. The number of allylic oxidation sites excluding steroid dienone is 1. The highest BCUT2D eigenvalue weighted by Crippen LogP contribution is 2.33. The maximum absolute atomic E-state index is 11.9. The number of aromatic amines is 1. The van der Waals surface area contributed by atoms with Gasteiger partial charge in [-0.05, 0) is 43.0 Å². The summed E-state index contributed by atoms with van der Waals surface area (Å²) in [6.45, 7) is 6.50. The Balaban J connectivity index is 1.81. The highest BCUT2D eigenvalue weighted by Gasteiger charge is 2.17. The van der Waals surface area contributed by atoms with Gasteiger partial charge in [-0.1, -0.05) is 36.4 Å². The van der Waals surface area contributed by atoms with Crippen molar-refractivity contribution in [2.24, 2.45) is 0 Å². The van der Waals surface area contributed by atoms with Crippen LogP contribution in [0.25, 0.3) is 28.0 Å². The van der Waals surface area contributed by atoms with Crippen LogP contribution in [0.2, 0.25) is 0 Å². The van der Waals surface area contributed by atoms with E-state index in [1.54, 1.807) is 6.08 Å². The molecule has 0 fully saturated rings. The number of para-hydroxylation sites is 3. The topological polar surface area (TPSA) is 70.9 Å². The van der Waals surface area contributed by atoms with Gasteiger partial charge in [-0.25, -0.2) is 9.78 Å². The first-order chi connectivity index (χ1) is 13.6. The minimum Gasteiger partial charge on any atom is -0.477 e. The number of imidazole rings is 1. The summed E-state index contributed by atoms with van der Waals surface area (Å²) in [5.41, 5.74) is 4.66. The van der Waals surface area contributed by atoms with Crippen LogP contribution in [-0.4, -0.2) is 25.6 Å². The normalized spacial score (nSPS) is 12.0. The summed E-state index contributed by atoms with van der Waals surface area (Å²) in [5.74, 6) is -0.981. The van der Waals surface area contributed by atoms with E-state index in [0.717, 1.165) is 45.0 Å². The molecule has 28 heavy (non-hydrogen) atoms. The van der Waals surface area contributed by atoms with E-state index in [1.807, 2.05) is 61.5 Å². The van der Waals surface area contributed by atoms with Gasteiger partial charge in [-0.15, -0.1) is 6.58 Å². The molecule has 5 nitrogen and oxygen atoms in total. The molecule has 0 radical (unpaired) electrons. The highest BCUT2D eigenvalue weighted by molar-refractivity contribution is 8.04. The summed E-state index contributed by atoms with van der Waals surface area (Å²) in [6.07, 6.45) is 3.58. The molecule has 0 saturated heterocycles. The first kappa shape index (κ1) is 18.1. The van der Waals surface area contributed by atoms with Gasteiger partial charge in [0.05, 0.1) is 11.0 Å². The van der Waals surface area contributed by atoms with Gasteiger partial charge in [-0.3, -0.25) is 0 Å². The molecule has 0 atom stereocenters. The minimum atomic E-state index is -0.981. The smallest absolute Gasteiger partial charge is 0.342 e. The number of rotatable bonds is 6. The standard InChI is InChI=1S/C22H19N3O2S/c1-3-12-25-14(2)16(15-8-4-7-11-19(15)25)13-20(21(26)27)28-22-23-17-9-5-6-10-18(17)24-22/h3-11,13H,1,12H2,2H3,(H,23,24)(H,26,27)/b20-13-. The second kappa shape index (κ2) is 7.40. The third kappa shape index (κ3) is 3.23. The van der Waals surface area contributed by atoms with Gasteiger partial charge in [0.25, 0.3) is 0 Å². The molecule has 2 heterocycles. The van der Waals surface area contributed by atoms with Crippen LogP contribution in [0.5, 0.6) is 0 Å². The van der Waals surface area contributed by atoms with Crippen LogP contribution in [0, 0.1) is 6.92 Å². The van der Waals surface area contributed by atoms with Gasteiger partial charge in [0.2, 0.25) is 0 Å². The Morgan fingerprint density at radius 1 is 1.25 bits per heavy atom. The van der Waals surface area contributed by atoms with Gasteiger partial charge in [0, 0.05) is 28.7 Å². The van der Waals surface area contributed by atoms with Crippen molar-refractivity contribution in [1.82, 2.24) is 14.5 Å². The first-order valence-electron chi connectivity index (χ1n) is 8.85. The molecule has 6 heteroatoms. The van der Waals surface area contributed by atoms with Crippen molar-refractivity contribution in [1.29, 1.82) is 0 Å². The molecular weight excluding hydrogens is 370 g/mol. The molecular formula is C22H19N3O2S. The SMILES string of the molecule is C=CCn1c(C)c(/C=C(\Sc2nc3ccccc3[nH]2)C(=O)O)c2ccccc21. The van der Waals surface area contributed by atoms with Crippen LogP contribution in [0.3, 0.4) is 0 Å². The van der Waals surface area contributed by atoms with Crippen LogP contribution in [0.15, 0.2) is 71.2 Å². The predicted octanol–water partition coefficient (Wildman–Crippen LogP) is 5.23. The van der Waals surface area contributed by atoms with E-state index in [2.05, 4.69) is 21.1 Å². The minimum absolute atomic E-state index is 0.212. The molecule has 4 rings (SSSR count). The largest absolute Gasteiger partial charge is 0.477 e. The number of fused-ring (bicyclic) bond motifs is 2. The monoisotopic (exact) mass is 389 g/mol. The van der Waals surface area contributed by atoms with Crippen molar-refractivity contribution >= 4 is 45.7 Å². The molecule has 0 aliphatic rings. The van der Waals surface area contributed by atoms with Gasteiger partial charge >= 0.3 is 5.97 Å². The molecule has 2 aromatic heterocycles. The quantitative estimate of drug-likeness (QED) is 0.269. The Hall–Kier alpha value is -3.25. The average Bonchev–Trinajstić information content (AvgIpc) is 3.21. The zero-order valence-corrected chi connectivity index (χ0v) is 16.2. The molecule has 0 amide bonds. The second-order valence-electron chi connectivity index (χ2n) is 6.39. The number of nitrogens with one attached hydrogen (secondary N) is 1. The number of hydrogen-bond donors (Lipinski definition) is 2. The molecule has 0 aliphatic carbocycles. The molecule has 4 aromatic rings. The Bertz CT molecular complexity index is 1200. The van der Waals surface area contributed by atoms with Crippen LogP contribution in [0.1, 0.15) is 11.3 Å². The van der Waals surface area contributed by atoms with Gasteiger partial charge in [0.1, 0.15) is 4.91 Å². The molecule has 2 aromatic carbocycles. The zero-order chi connectivity index (χ0) is 19.7. The van der Waals surface area contributed by atoms with Crippen LogP contribution < -0.4 is 0 Å². The number of carbonyl (C=O) groups is 1. The van der Waals surface area contributed by atoms with Crippen molar-refractivity contribution in [2.75, 3.05) is 0 Å². The molecule has 0 aliphatic heterocycles. The van der Waals surface area contributed by atoms with Crippen LogP contribution in [0.4, 0.5) is 0 Å². The fourth-order valence-electron chi connectivity index (χ4n) is 3.35. The van der Waals surface area contributed by atoms with Crippen molar-refractivity contribution < 1.29 is 9.90 Å². The summed E-state index contributed by atoms with van der Waals surface area (Å²) in [4.78, 5) is 19.8. The highest BCUT2D eigenvalue weighted by atomic mass is 32.2. The third-order valence-corrected chi connectivity index (χ3v) is 5.55. The molecule has 0 bridgehead atoms. The number of carboxylic acid groups (broad SMARTS) is 1. The van der Waals surface area contributed by atoms with Gasteiger partial charge in [0.15, 0.2) is 5.16 Å². The number of aromatic nitrogens is 3. The Morgan fingerprint density at radius 3 is 2.75 bits per heavy atom. The number of nitrogens with zero attached hydrogens (tertiary/aromatic N) is 2. The van der Waals surface area contributed by atoms with E-state index >= 15 is 0 Å². The molecule has 0 spiro atoms. The predicted molar refractivity (Wildman–Crippen MR) is 114 cm³/mol. The van der Waals surface area contributed by atoms with Gasteiger partial charge < -0.3 is 14.7 Å². The van der Waals surface area contributed by atoms with Crippen molar-refractivity contribution in [3.63, 3.8) is 0 Å². The molecule has 140 valence electrons. The van der Waals surface area contributed by atoms with Crippen LogP contribution >= 0.6 is 11.8 Å². The summed E-state index contributed by atoms with van der Waals surface area (Å²) in [7, 11) is 0. The Morgan fingerprint density at radius 2 is 2.00 bits per heavy atom. The summed E-state index contributed by atoms with van der Waals surface area (Å²) in [6, 6.07) is 15.6. The van der Waals surface area contributed by atoms with Crippen molar-refractivity contribution in [3.8, 4) is 0 Å². The Labute approximate surface area is 166 Å². The van der Waals surface area contributed by atoms with E-state index < -0.39 is 5.97 Å². The maximum atomic E-state index is 11.9. The summed E-state index contributed by atoms with van der Waals surface area (Å²) in [5, 5.41) is 11.4. The lowest BCUT2D eigenvalue weighted by atomic mass is 10.1. The first-order valence-corrected chi connectivity index (χ1v) is 9.66. The fourth-order valence-corrected chi connectivity index (χ4v) is 4.13.